The molecular formula is C16H26N2. The number of rotatable bonds is 4. The van der Waals surface area contributed by atoms with Crippen LogP contribution in [0.5, 0.6) is 0 Å². The van der Waals surface area contributed by atoms with E-state index >= 15 is 0 Å². The molecule has 3 atom stereocenters. The van der Waals surface area contributed by atoms with Crippen molar-refractivity contribution in [2.24, 2.45) is 5.92 Å². The monoisotopic (exact) mass is 246 g/mol. The molecule has 0 aromatic heterocycles. The van der Waals surface area contributed by atoms with Crippen molar-refractivity contribution >= 4 is 0 Å². The van der Waals surface area contributed by atoms with Gasteiger partial charge in [-0.2, -0.15) is 0 Å². The van der Waals surface area contributed by atoms with Gasteiger partial charge in [0.05, 0.1) is 0 Å². The van der Waals surface area contributed by atoms with E-state index in [0.29, 0.717) is 12.1 Å². The van der Waals surface area contributed by atoms with Gasteiger partial charge in [0.1, 0.15) is 0 Å². The summed E-state index contributed by atoms with van der Waals surface area (Å²) >= 11 is 0. The third-order valence-corrected chi connectivity index (χ3v) is 4.09. The lowest BCUT2D eigenvalue weighted by Crippen LogP contribution is -2.47. The molecule has 1 heterocycles. The summed E-state index contributed by atoms with van der Waals surface area (Å²) in [5.74, 6) is 0.721. The highest BCUT2D eigenvalue weighted by Gasteiger charge is 2.23. The lowest BCUT2D eigenvalue weighted by Gasteiger charge is -2.33. The van der Waals surface area contributed by atoms with Crippen LogP contribution in [0.4, 0.5) is 0 Å². The van der Waals surface area contributed by atoms with Gasteiger partial charge in [-0.15, -0.1) is 0 Å². The molecule has 1 aliphatic rings. The minimum Gasteiger partial charge on any atom is -0.316 e. The molecule has 0 bridgehead atoms. The fourth-order valence-corrected chi connectivity index (χ4v) is 2.77. The second-order valence-corrected chi connectivity index (χ2v) is 5.61. The summed E-state index contributed by atoms with van der Waals surface area (Å²) in [6, 6.07) is 10.1. The zero-order valence-electron chi connectivity index (χ0n) is 11.9. The summed E-state index contributed by atoms with van der Waals surface area (Å²) < 4.78 is 0. The minimum atomic E-state index is 0.496. The van der Waals surface area contributed by atoms with Crippen LogP contribution in [0.1, 0.15) is 43.9 Å². The molecule has 2 nitrogen and oxygen atoms in total. The average molecular weight is 246 g/mol. The Morgan fingerprint density at radius 3 is 2.67 bits per heavy atom. The fourth-order valence-electron chi connectivity index (χ4n) is 2.77. The van der Waals surface area contributed by atoms with Crippen LogP contribution in [0.15, 0.2) is 24.3 Å². The van der Waals surface area contributed by atoms with Crippen LogP contribution in [-0.2, 0) is 0 Å². The van der Waals surface area contributed by atoms with Crippen molar-refractivity contribution in [3.8, 4) is 0 Å². The zero-order valence-corrected chi connectivity index (χ0v) is 11.9. The molecular weight excluding hydrogens is 220 g/mol. The summed E-state index contributed by atoms with van der Waals surface area (Å²) in [4.78, 5) is 0. The van der Waals surface area contributed by atoms with E-state index in [1.807, 2.05) is 0 Å². The molecule has 2 heteroatoms. The van der Waals surface area contributed by atoms with Gasteiger partial charge in [0.25, 0.3) is 0 Å². The number of hydrogen-bond donors (Lipinski definition) is 2. The Balaban J connectivity index is 2.02. The Kier molecular flexibility index (Phi) is 4.79. The topological polar surface area (TPSA) is 24.1 Å². The predicted molar refractivity (Wildman–Crippen MR) is 77.8 cm³/mol. The van der Waals surface area contributed by atoms with E-state index in [-0.39, 0.29) is 0 Å². The maximum atomic E-state index is 3.85. The normalized spacial score (nSPS) is 25.9. The summed E-state index contributed by atoms with van der Waals surface area (Å²) in [5.41, 5.74) is 2.76. The van der Waals surface area contributed by atoms with Crippen LogP contribution < -0.4 is 10.6 Å². The number of hydrogen-bond acceptors (Lipinski definition) is 2. The quantitative estimate of drug-likeness (QED) is 0.853. The second-order valence-electron chi connectivity index (χ2n) is 5.61. The number of piperidine rings is 1. The molecule has 0 amide bonds. The molecule has 3 unspecified atom stereocenters. The van der Waals surface area contributed by atoms with E-state index in [1.165, 1.54) is 17.5 Å². The Labute approximate surface area is 111 Å². The Morgan fingerprint density at radius 1 is 1.33 bits per heavy atom. The Hall–Kier alpha value is -0.860. The molecule has 0 aliphatic carbocycles. The molecule has 0 radical (unpaired) electrons. The smallest absolute Gasteiger partial charge is 0.0320 e. The molecule has 1 aromatic carbocycles. The molecule has 18 heavy (non-hydrogen) atoms. The summed E-state index contributed by atoms with van der Waals surface area (Å²) in [5, 5.41) is 7.31. The van der Waals surface area contributed by atoms with Gasteiger partial charge < -0.3 is 10.6 Å². The highest BCUT2D eigenvalue weighted by molar-refractivity contribution is 5.24. The highest BCUT2D eigenvalue weighted by Crippen LogP contribution is 2.21. The van der Waals surface area contributed by atoms with Crippen LogP contribution in [0, 0.1) is 12.8 Å². The molecule has 100 valence electrons. The molecule has 1 aromatic rings. The Bertz CT molecular complexity index is 358. The third-order valence-electron chi connectivity index (χ3n) is 4.09. The van der Waals surface area contributed by atoms with Crippen molar-refractivity contribution < 1.29 is 0 Å². The predicted octanol–water partition coefficient (Wildman–Crippen LogP) is 3.03. The molecule has 1 fully saturated rings. The number of aryl methyl sites for hydroxylation is 1. The lowest BCUT2D eigenvalue weighted by molar-refractivity contribution is 0.270. The summed E-state index contributed by atoms with van der Waals surface area (Å²) in [7, 11) is 0. The van der Waals surface area contributed by atoms with E-state index in [9.17, 15) is 0 Å². The van der Waals surface area contributed by atoms with Crippen LogP contribution >= 0.6 is 0 Å². The van der Waals surface area contributed by atoms with Gasteiger partial charge in [0, 0.05) is 12.1 Å². The van der Waals surface area contributed by atoms with E-state index in [4.69, 9.17) is 0 Å². The van der Waals surface area contributed by atoms with Crippen LogP contribution in [0.3, 0.4) is 0 Å². The lowest BCUT2D eigenvalue weighted by atomic mass is 9.93. The average Bonchev–Trinajstić information content (AvgIpc) is 2.39. The summed E-state index contributed by atoms with van der Waals surface area (Å²) in [6.07, 6.45) is 2.39. The van der Waals surface area contributed by atoms with E-state index in [1.54, 1.807) is 0 Å². The molecule has 1 saturated heterocycles. The number of nitrogens with one attached hydrogen (secondary N) is 2. The maximum absolute atomic E-state index is 3.85. The molecule has 1 aliphatic heterocycles. The first-order valence-corrected chi connectivity index (χ1v) is 7.24. The fraction of sp³-hybridized carbons (Fsp3) is 0.625. The van der Waals surface area contributed by atoms with Crippen LogP contribution in [-0.4, -0.2) is 19.1 Å². The van der Waals surface area contributed by atoms with Crippen LogP contribution in [0.2, 0.25) is 0 Å². The first-order valence-electron chi connectivity index (χ1n) is 7.24. The molecule has 2 N–H and O–H groups in total. The number of benzene rings is 1. The van der Waals surface area contributed by atoms with Crippen molar-refractivity contribution in [1.29, 1.82) is 0 Å². The SMILES string of the molecule is CCC(NC1CCNCC1C)c1ccc(C)cc1. The minimum absolute atomic E-state index is 0.496. The van der Waals surface area contributed by atoms with E-state index < -0.39 is 0 Å². The molecule has 2 rings (SSSR count). The van der Waals surface area contributed by atoms with Gasteiger partial charge in [0.15, 0.2) is 0 Å². The van der Waals surface area contributed by atoms with Crippen molar-refractivity contribution in [2.75, 3.05) is 13.1 Å². The molecule has 0 spiro atoms. The Morgan fingerprint density at radius 2 is 2.06 bits per heavy atom. The first-order chi connectivity index (χ1) is 8.70. The van der Waals surface area contributed by atoms with Gasteiger partial charge in [0.2, 0.25) is 0 Å². The maximum Gasteiger partial charge on any atom is 0.0320 e. The van der Waals surface area contributed by atoms with Gasteiger partial charge in [-0.25, -0.2) is 0 Å². The largest absolute Gasteiger partial charge is 0.316 e. The van der Waals surface area contributed by atoms with Crippen molar-refractivity contribution in [2.45, 2.75) is 45.7 Å². The second kappa shape index (κ2) is 6.35. The van der Waals surface area contributed by atoms with E-state index in [2.05, 4.69) is 55.7 Å². The van der Waals surface area contributed by atoms with Crippen molar-refractivity contribution in [3.05, 3.63) is 35.4 Å². The van der Waals surface area contributed by atoms with E-state index in [0.717, 1.165) is 25.4 Å². The summed E-state index contributed by atoms with van der Waals surface area (Å²) in [6.45, 7) is 9.04. The van der Waals surface area contributed by atoms with Crippen molar-refractivity contribution in [3.63, 3.8) is 0 Å². The first kappa shape index (κ1) is 13.6. The standard InChI is InChI=1S/C16H26N2/c1-4-15(14-7-5-12(2)6-8-14)18-16-9-10-17-11-13(16)3/h5-8,13,15-18H,4,9-11H2,1-3H3. The highest BCUT2D eigenvalue weighted by atomic mass is 15.0. The third kappa shape index (κ3) is 3.33. The van der Waals surface area contributed by atoms with Gasteiger partial charge in [-0.1, -0.05) is 43.7 Å². The van der Waals surface area contributed by atoms with Gasteiger partial charge in [-0.05, 0) is 44.3 Å². The van der Waals surface area contributed by atoms with Crippen molar-refractivity contribution in [1.82, 2.24) is 10.6 Å². The van der Waals surface area contributed by atoms with Gasteiger partial charge >= 0.3 is 0 Å². The molecule has 0 saturated carbocycles. The zero-order chi connectivity index (χ0) is 13.0. The van der Waals surface area contributed by atoms with Gasteiger partial charge in [-0.3, -0.25) is 0 Å². The van der Waals surface area contributed by atoms with Crippen LogP contribution in [0.25, 0.3) is 0 Å².